The summed E-state index contributed by atoms with van der Waals surface area (Å²) in [6.07, 6.45) is 0.728. The number of nitriles is 1. The van der Waals surface area contributed by atoms with Crippen LogP contribution in [0.5, 0.6) is 0 Å². The summed E-state index contributed by atoms with van der Waals surface area (Å²) in [6.45, 7) is 8.08. The highest BCUT2D eigenvalue weighted by Crippen LogP contribution is 2.25. The Morgan fingerprint density at radius 1 is 1.15 bits per heavy atom. The second kappa shape index (κ2) is 5.83. The van der Waals surface area contributed by atoms with E-state index >= 15 is 0 Å². The molecular weight excluding hydrogens is 246 g/mol. The van der Waals surface area contributed by atoms with Crippen LogP contribution in [-0.4, -0.2) is 9.97 Å². The molecule has 3 heteroatoms. The van der Waals surface area contributed by atoms with Crippen molar-refractivity contribution < 1.29 is 0 Å². The van der Waals surface area contributed by atoms with Gasteiger partial charge in [0.2, 0.25) is 0 Å². The topological polar surface area (TPSA) is 49.6 Å². The van der Waals surface area contributed by atoms with Crippen LogP contribution in [0.25, 0.3) is 11.3 Å². The molecule has 0 bridgehead atoms. The highest BCUT2D eigenvalue weighted by molar-refractivity contribution is 5.64. The van der Waals surface area contributed by atoms with Crippen molar-refractivity contribution in [3.8, 4) is 17.3 Å². The molecule has 1 heterocycles. The predicted molar refractivity (Wildman–Crippen MR) is 80.3 cm³/mol. The van der Waals surface area contributed by atoms with E-state index in [0.717, 1.165) is 23.4 Å². The molecule has 102 valence electrons. The van der Waals surface area contributed by atoms with E-state index in [-0.39, 0.29) is 5.92 Å². The molecule has 0 radical (unpaired) electrons. The maximum absolute atomic E-state index is 9.20. The summed E-state index contributed by atoms with van der Waals surface area (Å²) in [6, 6.07) is 10.6. The molecule has 0 aliphatic carbocycles. The fraction of sp³-hybridized carbons (Fsp3) is 0.353. The SMILES string of the molecule is CCC(C#N)c1nc(C)cc(-c2cc(C)ccc2C)n1. The summed E-state index contributed by atoms with van der Waals surface area (Å²) >= 11 is 0. The third kappa shape index (κ3) is 2.85. The van der Waals surface area contributed by atoms with Gasteiger partial charge in [-0.05, 0) is 44.9 Å². The van der Waals surface area contributed by atoms with Crippen LogP contribution >= 0.6 is 0 Å². The first kappa shape index (κ1) is 14.2. The maximum Gasteiger partial charge on any atom is 0.146 e. The van der Waals surface area contributed by atoms with Gasteiger partial charge in [-0.2, -0.15) is 5.26 Å². The molecule has 2 rings (SSSR count). The summed E-state index contributed by atoms with van der Waals surface area (Å²) in [5, 5.41) is 9.20. The van der Waals surface area contributed by atoms with Crippen LogP contribution in [0, 0.1) is 32.1 Å². The van der Waals surface area contributed by atoms with Gasteiger partial charge >= 0.3 is 0 Å². The van der Waals surface area contributed by atoms with Crippen molar-refractivity contribution in [1.82, 2.24) is 9.97 Å². The average Bonchev–Trinajstić information content (AvgIpc) is 2.42. The summed E-state index contributed by atoms with van der Waals surface area (Å²) in [4.78, 5) is 9.03. The lowest BCUT2D eigenvalue weighted by Crippen LogP contribution is -2.04. The lowest BCUT2D eigenvalue weighted by atomic mass is 10.0. The third-order valence-electron chi connectivity index (χ3n) is 3.42. The van der Waals surface area contributed by atoms with E-state index in [9.17, 15) is 5.26 Å². The molecule has 0 aliphatic heterocycles. The fourth-order valence-corrected chi connectivity index (χ4v) is 2.23. The number of hydrogen-bond acceptors (Lipinski definition) is 3. The molecule has 1 aromatic heterocycles. The highest BCUT2D eigenvalue weighted by Gasteiger charge is 2.14. The first-order valence-corrected chi connectivity index (χ1v) is 6.88. The molecule has 0 saturated carbocycles. The number of hydrogen-bond donors (Lipinski definition) is 0. The first-order valence-electron chi connectivity index (χ1n) is 6.88. The van der Waals surface area contributed by atoms with Gasteiger partial charge in [0.05, 0.1) is 11.8 Å². The second-order valence-electron chi connectivity index (χ2n) is 5.16. The van der Waals surface area contributed by atoms with Gasteiger partial charge in [-0.15, -0.1) is 0 Å². The Hall–Kier alpha value is -2.21. The van der Waals surface area contributed by atoms with E-state index in [1.165, 1.54) is 11.1 Å². The van der Waals surface area contributed by atoms with Gasteiger partial charge < -0.3 is 0 Å². The maximum atomic E-state index is 9.20. The van der Waals surface area contributed by atoms with Gasteiger partial charge in [0.15, 0.2) is 0 Å². The minimum absolute atomic E-state index is 0.237. The molecule has 0 saturated heterocycles. The smallest absolute Gasteiger partial charge is 0.146 e. The molecule has 1 aromatic carbocycles. The molecule has 0 spiro atoms. The van der Waals surface area contributed by atoms with Gasteiger partial charge in [-0.1, -0.05) is 24.6 Å². The Kier molecular flexibility index (Phi) is 4.14. The Morgan fingerprint density at radius 2 is 1.90 bits per heavy atom. The Labute approximate surface area is 120 Å². The standard InChI is InChI=1S/C17H19N3/c1-5-14(10-18)17-19-13(4)9-16(20-17)15-8-11(2)6-7-12(15)3/h6-9,14H,5H2,1-4H3. The van der Waals surface area contributed by atoms with Crippen LogP contribution in [-0.2, 0) is 0 Å². The Morgan fingerprint density at radius 3 is 2.55 bits per heavy atom. The number of rotatable bonds is 3. The quantitative estimate of drug-likeness (QED) is 0.840. The van der Waals surface area contributed by atoms with E-state index in [4.69, 9.17) is 0 Å². The largest absolute Gasteiger partial charge is 0.237 e. The summed E-state index contributed by atoms with van der Waals surface area (Å²) < 4.78 is 0. The fourth-order valence-electron chi connectivity index (χ4n) is 2.23. The van der Waals surface area contributed by atoms with Crippen molar-refractivity contribution in [2.45, 2.75) is 40.0 Å². The molecule has 0 aliphatic rings. The molecule has 0 fully saturated rings. The van der Waals surface area contributed by atoms with Gasteiger partial charge in [0.25, 0.3) is 0 Å². The molecular formula is C17H19N3. The molecule has 3 nitrogen and oxygen atoms in total. The molecule has 20 heavy (non-hydrogen) atoms. The molecule has 0 N–H and O–H groups in total. The number of benzene rings is 1. The van der Waals surface area contributed by atoms with Crippen LogP contribution in [0.3, 0.4) is 0 Å². The number of nitrogens with zero attached hydrogens (tertiary/aromatic N) is 3. The summed E-state index contributed by atoms with van der Waals surface area (Å²) in [5.74, 6) is 0.393. The van der Waals surface area contributed by atoms with Crippen molar-refractivity contribution in [2.75, 3.05) is 0 Å². The van der Waals surface area contributed by atoms with E-state index in [1.807, 2.05) is 19.9 Å². The Balaban J connectivity index is 2.58. The number of aromatic nitrogens is 2. The minimum Gasteiger partial charge on any atom is -0.237 e. The molecule has 1 unspecified atom stereocenters. The van der Waals surface area contributed by atoms with Crippen LogP contribution < -0.4 is 0 Å². The molecule has 2 aromatic rings. The van der Waals surface area contributed by atoms with Crippen molar-refractivity contribution in [3.05, 3.63) is 46.9 Å². The monoisotopic (exact) mass is 265 g/mol. The second-order valence-corrected chi connectivity index (χ2v) is 5.16. The van der Waals surface area contributed by atoms with Crippen LogP contribution in [0.1, 0.15) is 41.9 Å². The minimum atomic E-state index is -0.237. The first-order chi connectivity index (χ1) is 9.55. The lowest BCUT2D eigenvalue weighted by molar-refractivity contribution is 0.746. The van der Waals surface area contributed by atoms with Crippen LogP contribution in [0.15, 0.2) is 24.3 Å². The van der Waals surface area contributed by atoms with E-state index in [0.29, 0.717) is 5.82 Å². The van der Waals surface area contributed by atoms with Gasteiger partial charge in [-0.25, -0.2) is 9.97 Å². The van der Waals surface area contributed by atoms with Gasteiger partial charge in [0.1, 0.15) is 11.7 Å². The zero-order chi connectivity index (χ0) is 14.7. The van der Waals surface area contributed by atoms with E-state index in [2.05, 4.69) is 48.1 Å². The van der Waals surface area contributed by atoms with Crippen LogP contribution in [0.2, 0.25) is 0 Å². The Bertz CT molecular complexity index is 668. The van der Waals surface area contributed by atoms with E-state index < -0.39 is 0 Å². The van der Waals surface area contributed by atoms with E-state index in [1.54, 1.807) is 0 Å². The third-order valence-corrected chi connectivity index (χ3v) is 3.42. The zero-order valence-corrected chi connectivity index (χ0v) is 12.4. The molecule has 0 amide bonds. The van der Waals surface area contributed by atoms with Crippen molar-refractivity contribution in [3.63, 3.8) is 0 Å². The normalized spacial score (nSPS) is 11.9. The van der Waals surface area contributed by atoms with Gasteiger partial charge in [-0.3, -0.25) is 0 Å². The predicted octanol–water partition coefficient (Wildman–Crippen LogP) is 4.09. The van der Waals surface area contributed by atoms with Crippen molar-refractivity contribution >= 4 is 0 Å². The zero-order valence-electron chi connectivity index (χ0n) is 12.4. The highest BCUT2D eigenvalue weighted by atomic mass is 14.9. The summed E-state index contributed by atoms with van der Waals surface area (Å²) in [5.41, 5.74) is 5.31. The average molecular weight is 265 g/mol. The van der Waals surface area contributed by atoms with Crippen LogP contribution in [0.4, 0.5) is 0 Å². The van der Waals surface area contributed by atoms with Crippen molar-refractivity contribution in [1.29, 1.82) is 5.26 Å². The summed E-state index contributed by atoms with van der Waals surface area (Å²) in [7, 11) is 0. The van der Waals surface area contributed by atoms with Gasteiger partial charge in [0, 0.05) is 11.3 Å². The molecule has 1 atom stereocenters. The number of aryl methyl sites for hydroxylation is 3. The van der Waals surface area contributed by atoms with Crippen molar-refractivity contribution in [2.24, 2.45) is 0 Å². The lowest BCUT2D eigenvalue weighted by Gasteiger charge is -2.11.